The van der Waals surface area contributed by atoms with Crippen LogP contribution < -0.4 is 4.90 Å². The molecule has 29 heavy (non-hydrogen) atoms. The number of hydrogen-bond donors (Lipinski definition) is 1. The maximum Gasteiger partial charge on any atom is 0.0834 e. The van der Waals surface area contributed by atoms with Gasteiger partial charge in [0.05, 0.1) is 12.1 Å². The molecule has 0 spiro atoms. The number of hydrogen-bond acceptors (Lipinski definition) is 2. The van der Waals surface area contributed by atoms with E-state index in [0.717, 1.165) is 39.1 Å². The molecule has 5 rings (SSSR count). The third kappa shape index (κ3) is 3.39. The Morgan fingerprint density at radius 3 is 2.66 bits per heavy atom. The van der Waals surface area contributed by atoms with Crippen LogP contribution in [0.2, 0.25) is 0 Å². The molecular formula is C25H26N4. The zero-order valence-electron chi connectivity index (χ0n) is 16.6. The first kappa shape index (κ1) is 17.9. The maximum atomic E-state index is 5.51. The summed E-state index contributed by atoms with van der Waals surface area (Å²) < 4.78 is 2.15. The molecule has 0 atom stereocenters. The fourth-order valence-electron chi connectivity index (χ4n) is 4.55. The number of nitrogens with one attached hydrogen (secondary N) is 1. The molecule has 0 bridgehead atoms. The van der Waals surface area contributed by atoms with E-state index in [2.05, 4.69) is 86.2 Å². The number of H-pyrrole nitrogens is 1. The Morgan fingerprint density at radius 1 is 0.931 bits per heavy atom. The monoisotopic (exact) mass is 382 g/mol. The third-order valence-electron chi connectivity index (χ3n) is 6.14. The smallest absolute Gasteiger partial charge is 0.0834 e. The van der Waals surface area contributed by atoms with Crippen LogP contribution in [0, 0.1) is 12.3 Å². The van der Waals surface area contributed by atoms with Gasteiger partial charge in [0.15, 0.2) is 0 Å². The van der Waals surface area contributed by atoms with Crippen LogP contribution in [0.4, 0.5) is 5.69 Å². The Hall–Kier alpha value is -3.16. The summed E-state index contributed by atoms with van der Waals surface area (Å²) in [5.74, 6) is 2.74. The first-order valence-corrected chi connectivity index (χ1v) is 10.4. The minimum Gasteiger partial charge on any atom is -0.368 e. The molecule has 1 N–H and O–H groups in total. The van der Waals surface area contributed by atoms with Crippen molar-refractivity contribution in [3.8, 4) is 12.3 Å². The lowest BCUT2D eigenvalue weighted by atomic mass is 10.1. The van der Waals surface area contributed by atoms with E-state index in [1.807, 2.05) is 0 Å². The van der Waals surface area contributed by atoms with Gasteiger partial charge in [-0.25, -0.2) is 0 Å². The van der Waals surface area contributed by atoms with Crippen LogP contribution in [-0.2, 0) is 13.0 Å². The summed E-state index contributed by atoms with van der Waals surface area (Å²) in [6.45, 7) is 6.06. The Balaban J connectivity index is 1.24. The second-order valence-electron chi connectivity index (χ2n) is 7.80. The maximum absolute atomic E-state index is 5.51. The Morgan fingerprint density at radius 2 is 1.79 bits per heavy atom. The average molecular weight is 383 g/mol. The molecule has 4 heteroatoms. The molecule has 0 unspecified atom stereocenters. The molecule has 146 valence electrons. The van der Waals surface area contributed by atoms with E-state index in [-0.39, 0.29) is 0 Å². The van der Waals surface area contributed by atoms with Crippen LogP contribution in [0.5, 0.6) is 0 Å². The predicted octanol–water partition coefficient (Wildman–Crippen LogP) is 4.12. The van der Waals surface area contributed by atoms with Gasteiger partial charge in [0.1, 0.15) is 0 Å². The van der Waals surface area contributed by atoms with Gasteiger partial charge in [0.2, 0.25) is 0 Å². The highest BCUT2D eigenvalue weighted by Crippen LogP contribution is 2.28. The van der Waals surface area contributed by atoms with Gasteiger partial charge in [0, 0.05) is 67.1 Å². The Kier molecular flexibility index (Phi) is 4.75. The van der Waals surface area contributed by atoms with Crippen molar-refractivity contribution < 1.29 is 0 Å². The lowest BCUT2D eigenvalue weighted by Crippen LogP contribution is -2.47. The fourth-order valence-corrected chi connectivity index (χ4v) is 4.55. The lowest BCUT2D eigenvalue weighted by molar-refractivity contribution is 0.261. The molecule has 1 aliphatic rings. The molecule has 0 amide bonds. The van der Waals surface area contributed by atoms with E-state index in [9.17, 15) is 0 Å². The van der Waals surface area contributed by atoms with E-state index in [4.69, 9.17) is 6.42 Å². The molecule has 4 aromatic rings. The number of aromatic amines is 1. The van der Waals surface area contributed by atoms with Crippen LogP contribution >= 0.6 is 0 Å². The minimum atomic E-state index is 0.620. The summed E-state index contributed by atoms with van der Waals surface area (Å²) in [4.78, 5) is 8.50. The quantitative estimate of drug-likeness (QED) is 0.526. The summed E-state index contributed by atoms with van der Waals surface area (Å²) in [6.07, 6.45) is 10.9. The van der Waals surface area contributed by atoms with E-state index >= 15 is 0 Å². The topological polar surface area (TPSA) is 27.2 Å². The van der Waals surface area contributed by atoms with Gasteiger partial charge in [-0.05, 0) is 36.2 Å². The molecule has 2 aromatic heterocycles. The average Bonchev–Trinajstić information content (AvgIpc) is 3.37. The largest absolute Gasteiger partial charge is 0.368 e. The molecule has 3 heterocycles. The number of anilines is 1. The van der Waals surface area contributed by atoms with Crippen LogP contribution in [0.1, 0.15) is 5.56 Å². The van der Waals surface area contributed by atoms with E-state index in [1.54, 1.807) is 0 Å². The second kappa shape index (κ2) is 7.69. The van der Waals surface area contributed by atoms with Crippen molar-refractivity contribution in [3.05, 3.63) is 66.5 Å². The van der Waals surface area contributed by atoms with Crippen molar-refractivity contribution in [1.29, 1.82) is 0 Å². The van der Waals surface area contributed by atoms with Gasteiger partial charge in [-0.2, -0.15) is 0 Å². The minimum absolute atomic E-state index is 0.620. The first-order chi connectivity index (χ1) is 14.3. The van der Waals surface area contributed by atoms with Gasteiger partial charge >= 0.3 is 0 Å². The molecule has 0 aliphatic carbocycles. The third-order valence-corrected chi connectivity index (χ3v) is 6.14. The van der Waals surface area contributed by atoms with E-state index < -0.39 is 0 Å². The summed E-state index contributed by atoms with van der Waals surface area (Å²) >= 11 is 0. The predicted molar refractivity (Wildman–Crippen MR) is 121 cm³/mol. The summed E-state index contributed by atoms with van der Waals surface area (Å²) in [7, 11) is 0. The number of benzene rings is 2. The van der Waals surface area contributed by atoms with Gasteiger partial charge < -0.3 is 14.5 Å². The molecule has 0 saturated carbocycles. The number of piperazine rings is 1. The SMILES string of the molecule is C#CCn1ccc2c(N3CCN(CCc4c[nH]c5ccccc45)CC3)cccc21. The second-order valence-corrected chi connectivity index (χ2v) is 7.80. The highest BCUT2D eigenvalue weighted by molar-refractivity contribution is 5.93. The summed E-state index contributed by atoms with van der Waals surface area (Å²) in [5, 5.41) is 2.66. The van der Waals surface area contributed by atoms with Crippen LogP contribution in [-0.4, -0.2) is 47.2 Å². The van der Waals surface area contributed by atoms with E-state index in [1.165, 1.54) is 33.1 Å². The van der Waals surface area contributed by atoms with Gasteiger partial charge in [-0.15, -0.1) is 6.42 Å². The van der Waals surface area contributed by atoms with Crippen molar-refractivity contribution in [2.45, 2.75) is 13.0 Å². The lowest BCUT2D eigenvalue weighted by Gasteiger charge is -2.36. The van der Waals surface area contributed by atoms with Gasteiger partial charge in [-0.3, -0.25) is 4.90 Å². The standard InChI is InChI=1S/C25H26N4/c1-2-12-28-14-11-22-24(28)8-5-9-25(22)29-17-15-27(16-18-29)13-10-20-19-26-23-7-4-3-6-21(20)23/h1,3-9,11,14,19,26H,10,12-13,15-18H2. The van der Waals surface area contributed by atoms with Crippen molar-refractivity contribution in [2.24, 2.45) is 0 Å². The molecule has 1 aliphatic heterocycles. The molecule has 0 radical (unpaired) electrons. The Bertz CT molecular complexity index is 1170. The van der Waals surface area contributed by atoms with Crippen LogP contribution in [0.25, 0.3) is 21.8 Å². The van der Waals surface area contributed by atoms with Crippen molar-refractivity contribution in [1.82, 2.24) is 14.5 Å². The van der Waals surface area contributed by atoms with Crippen molar-refractivity contribution >= 4 is 27.5 Å². The zero-order chi connectivity index (χ0) is 19.6. The number of fused-ring (bicyclic) bond motifs is 2. The van der Waals surface area contributed by atoms with Gasteiger partial charge in [0.25, 0.3) is 0 Å². The number of rotatable bonds is 5. The number of terminal acetylenes is 1. The Labute approximate surface area is 171 Å². The fraction of sp³-hybridized carbons (Fsp3) is 0.280. The van der Waals surface area contributed by atoms with Gasteiger partial charge in [-0.1, -0.05) is 30.2 Å². The molecule has 2 aromatic carbocycles. The van der Waals surface area contributed by atoms with E-state index in [0.29, 0.717) is 6.54 Å². The van der Waals surface area contributed by atoms with Crippen molar-refractivity contribution in [2.75, 3.05) is 37.6 Å². The van der Waals surface area contributed by atoms with Crippen molar-refractivity contribution in [3.63, 3.8) is 0 Å². The normalized spacial score (nSPS) is 15.2. The number of para-hydroxylation sites is 1. The molecule has 1 saturated heterocycles. The molecular weight excluding hydrogens is 356 g/mol. The van der Waals surface area contributed by atoms with Crippen LogP contribution in [0.15, 0.2) is 60.9 Å². The molecule has 1 fully saturated rings. The molecule has 4 nitrogen and oxygen atoms in total. The number of nitrogens with zero attached hydrogens (tertiary/aromatic N) is 3. The first-order valence-electron chi connectivity index (χ1n) is 10.4. The highest BCUT2D eigenvalue weighted by atomic mass is 15.3. The summed E-state index contributed by atoms with van der Waals surface area (Å²) in [5.41, 5.74) is 5.21. The number of aromatic nitrogens is 2. The highest BCUT2D eigenvalue weighted by Gasteiger charge is 2.19. The van der Waals surface area contributed by atoms with Crippen LogP contribution in [0.3, 0.4) is 0 Å². The zero-order valence-corrected chi connectivity index (χ0v) is 16.6. The summed E-state index contributed by atoms with van der Waals surface area (Å²) in [6, 6.07) is 17.3.